The quantitative estimate of drug-likeness (QED) is 0.833. The molecular formula is C13H20N4OS. The topological polar surface area (TPSA) is 57.3 Å². The molecule has 1 aromatic heterocycles. The molecule has 0 spiro atoms. The van der Waals surface area contributed by atoms with Crippen molar-refractivity contribution < 1.29 is 4.79 Å². The summed E-state index contributed by atoms with van der Waals surface area (Å²) in [6.45, 7) is 3.89. The zero-order chi connectivity index (χ0) is 13.2. The molecule has 6 heteroatoms. The van der Waals surface area contributed by atoms with E-state index in [9.17, 15) is 4.79 Å². The van der Waals surface area contributed by atoms with Crippen LogP contribution in [0.25, 0.3) is 0 Å². The van der Waals surface area contributed by atoms with Gasteiger partial charge >= 0.3 is 0 Å². The summed E-state index contributed by atoms with van der Waals surface area (Å²) < 4.78 is 0. The molecule has 1 amide bonds. The molecule has 2 aliphatic rings. The van der Waals surface area contributed by atoms with Gasteiger partial charge in [-0.2, -0.15) is 0 Å². The second-order valence-electron chi connectivity index (χ2n) is 5.39. The van der Waals surface area contributed by atoms with E-state index in [1.54, 1.807) is 11.3 Å². The molecule has 1 fully saturated rings. The summed E-state index contributed by atoms with van der Waals surface area (Å²) in [5.74, 6) is -0.00393. The number of nitrogens with one attached hydrogen (secondary N) is 2. The van der Waals surface area contributed by atoms with E-state index in [2.05, 4.69) is 27.6 Å². The maximum atomic E-state index is 12.2. The van der Waals surface area contributed by atoms with E-state index < -0.39 is 0 Å². The highest BCUT2D eigenvalue weighted by Gasteiger charge is 2.23. The summed E-state index contributed by atoms with van der Waals surface area (Å²) in [5.41, 5.74) is 1.12. The van der Waals surface area contributed by atoms with Crippen LogP contribution in [0.2, 0.25) is 0 Å². The fraction of sp³-hybridized carbons (Fsp3) is 0.692. The molecule has 3 heterocycles. The van der Waals surface area contributed by atoms with Crippen LogP contribution >= 0.6 is 11.3 Å². The average Bonchev–Trinajstić information content (AvgIpc) is 2.83. The Bertz CT molecular complexity index is 467. The molecule has 1 saturated heterocycles. The number of nitrogens with zero attached hydrogens (tertiary/aromatic N) is 2. The molecule has 0 aromatic carbocycles. The van der Waals surface area contributed by atoms with Gasteiger partial charge in [0.05, 0.1) is 5.69 Å². The lowest BCUT2D eigenvalue weighted by Gasteiger charge is -2.23. The van der Waals surface area contributed by atoms with Gasteiger partial charge in [0.15, 0.2) is 5.01 Å². The fourth-order valence-electron chi connectivity index (χ4n) is 2.64. The number of rotatable bonds is 2. The third-order valence-electron chi connectivity index (χ3n) is 3.75. The average molecular weight is 280 g/mol. The van der Waals surface area contributed by atoms with Gasteiger partial charge in [-0.3, -0.25) is 4.79 Å². The number of amides is 1. The van der Waals surface area contributed by atoms with Crippen molar-refractivity contribution in [3.8, 4) is 0 Å². The molecule has 19 heavy (non-hydrogen) atoms. The van der Waals surface area contributed by atoms with Crippen molar-refractivity contribution in [3.05, 3.63) is 15.6 Å². The van der Waals surface area contributed by atoms with E-state index in [1.807, 2.05) is 0 Å². The Morgan fingerprint density at radius 2 is 2.47 bits per heavy atom. The van der Waals surface area contributed by atoms with Crippen LogP contribution in [0.4, 0.5) is 0 Å². The summed E-state index contributed by atoms with van der Waals surface area (Å²) in [4.78, 5) is 20.2. The van der Waals surface area contributed by atoms with Crippen molar-refractivity contribution in [2.45, 2.75) is 31.8 Å². The first-order valence-electron chi connectivity index (χ1n) is 6.91. The van der Waals surface area contributed by atoms with E-state index >= 15 is 0 Å². The molecule has 0 radical (unpaired) electrons. The lowest BCUT2D eigenvalue weighted by molar-refractivity contribution is 0.0930. The number of likely N-dealkylation sites (N-methyl/N-ethyl adjacent to an activating group) is 1. The van der Waals surface area contributed by atoms with Crippen molar-refractivity contribution in [2.75, 3.05) is 26.7 Å². The standard InChI is InChI=1S/C13H20N4OS/c1-17-6-4-10-11(8-17)19-13(16-10)12(18)15-9-3-2-5-14-7-9/h9,14H,2-8H2,1H3,(H,15,18). The summed E-state index contributed by atoms with van der Waals surface area (Å²) in [5, 5.41) is 7.03. The zero-order valence-electron chi connectivity index (χ0n) is 11.2. The largest absolute Gasteiger partial charge is 0.346 e. The van der Waals surface area contributed by atoms with Gasteiger partial charge in [-0.1, -0.05) is 0 Å². The van der Waals surface area contributed by atoms with Crippen LogP contribution in [0.15, 0.2) is 0 Å². The monoisotopic (exact) mass is 280 g/mol. The molecular weight excluding hydrogens is 260 g/mol. The number of carbonyl (C=O) groups excluding carboxylic acids is 1. The Balaban J connectivity index is 1.66. The molecule has 5 nitrogen and oxygen atoms in total. The van der Waals surface area contributed by atoms with E-state index in [-0.39, 0.29) is 11.9 Å². The maximum absolute atomic E-state index is 12.2. The lowest BCUT2D eigenvalue weighted by atomic mass is 10.1. The van der Waals surface area contributed by atoms with Crippen molar-refractivity contribution in [1.82, 2.24) is 20.5 Å². The lowest BCUT2D eigenvalue weighted by Crippen LogP contribution is -2.45. The third-order valence-corrected chi connectivity index (χ3v) is 4.83. The smallest absolute Gasteiger partial charge is 0.280 e. The Morgan fingerprint density at radius 1 is 1.58 bits per heavy atom. The second kappa shape index (κ2) is 5.56. The van der Waals surface area contributed by atoms with E-state index in [1.165, 1.54) is 4.88 Å². The van der Waals surface area contributed by atoms with Crippen molar-refractivity contribution in [1.29, 1.82) is 0 Å². The Hall–Kier alpha value is -0.980. The highest BCUT2D eigenvalue weighted by molar-refractivity contribution is 7.13. The van der Waals surface area contributed by atoms with Crippen LogP contribution in [0.5, 0.6) is 0 Å². The summed E-state index contributed by atoms with van der Waals surface area (Å²) in [7, 11) is 2.11. The predicted octanol–water partition coefficient (Wildman–Crippen LogP) is 0.613. The first kappa shape index (κ1) is 13.0. The molecule has 2 aliphatic heterocycles. The van der Waals surface area contributed by atoms with E-state index in [0.717, 1.165) is 51.1 Å². The second-order valence-corrected chi connectivity index (χ2v) is 6.48. The first-order chi connectivity index (χ1) is 9.22. The van der Waals surface area contributed by atoms with Gasteiger partial charge in [0.2, 0.25) is 0 Å². The minimum Gasteiger partial charge on any atom is -0.346 e. The molecule has 0 bridgehead atoms. The maximum Gasteiger partial charge on any atom is 0.280 e. The Labute approximate surface area is 117 Å². The molecule has 0 saturated carbocycles. The molecule has 2 N–H and O–H groups in total. The van der Waals surface area contributed by atoms with Crippen LogP contribution in [0, 0.1) is 0 Å². The number of hydrogen-bond donors (Lipinski definition) is 2. The third kappa shape index (κ3) is 2.96. The Kier molecular flexibility index (Phi) is 3.81. The molecule has 1 aromatic rings. The van der Waals surface area contributed by atoms with Crippen LogP contribution in [-0.4, -0.2) is 48.5 Å². The summed E-state index contributed by atoms with van der Waals surface area (Å²) in [6.07, 6.45) is 3.15. The number of hydrogen-bond acceptors (Lipinski definition) is 5. The molecule has 104 valence electrons. The minimum absolute atomic E-state index is 0.00393. The molecule has 3 rings (SSSR count). The number of aromatic nitrogens is 1. The van der Waals surface area contributed by atoms with Crippen molar-refractivity contribution >= 4 is 17.2 Å². The number of carbonyl (C=O) groups is 1. The predicted molar refractivity (Wildman–Crippen MR) is 75.5 cm³/mol. The van der Waals surface area contributed by atoms with Crippen LogP contribution in [0.1, 0.15) is 33.2 Å². The molecule has 0 aliphatic carbocycles. The zero-order valence-corrected chi connectivity index (χ0v) is 12.1. The van der Waals surface area contributed by atoms with Gasteiger partial charge in [-0.25, -0.2) is 4.98 Å². The fourth-order valence-corrected chi connectivity index (χ4v) is 3.73. The van der Waals surface area contributed by atoms with Crippen LogP contribution < -0.4 is 10.6 Å². The summed E-state index contributed by atoms with van der Waals surface area (Å²) >= 11 is 1.55. The van der Waals surface area contributed by atoms with Gasteiger partial charge < -0.3 is 15.5 Å². The molecule has 1 unspecified atom stereocenters. The van der Waals surface area contributed by atoms with Gasteiger partial charge in [-0.05, 0) is 26.4 Å². The van der Waals surface area contributed by atoms with E-state index in [0.29, 0.717) is 5.01 Å². The first-order valence-corrected chi connectivity index (χ1v) is 7.73. The van der Waals surface area contributed by atoms with Gasteiger partial charge in [0.25, 0.3) is 5.91 Å². The SMILES string of the molecule is CN1CCc2nc(C(=O)NC3CCCNC3)sc2C1. The van der Waals surface area contributed by atoms with Crippen LogP contribution in [-0.2, 0) is 13.0 Å². The number of fused-ring (bicyclic) bond motifs is 1. The van der Waals surface area contributed by atoms with Crippen molar-refractivity contribution in [2.24, 2.45) is 0 Å². The van der Waals surface area contributed by atoms with Gasteiger partial charge in [-0.15, -0.1) is 11.3 Å². The Morgan fingerprint density at radius 3 is 3.26 bits per heavy atom. The van der Waals surface area contributed by atoms with E-state index in [4.69, 9.17) is 0 Å². The number of piperidine rings is 1. The van der Waals surface area contributed by atoms with Gasteiger partial charge in [0, 0.05) is 37.0 Å². The van der Waals surface area contributed by atoms with Crippen LogP contribution in [0.3, 0.4) is 0 Å². The highest BCUT2D eigenvalue weighted by Crippen LogP contribution is 2.24. The minimum atomic E-state index is -0.00393. The van der Waals surface area contributed by atoms with Gasteiger partial charge in [0.1, 0.15) is 0 Å². The highest BCUT2D eigenvalue weighted by atomic mass is 32.1. The molecule has 1 atom stereocenters. The number of thiazole rings is 1. The van der Waals surface area contributed by atoms with Crippen molar-refractivity contribution in [3.63, 3.8) is 0 Å². The normalized spacial score (nSPS) is 23.9. The summed E-state index contributed by atoms with van der Waals surface area (Å²) in [6, 6.07) is 0.254.